The highest BCUT2D eigenvalue weighted by atomic mass is 15.1. The Balaban J connectivity index is 1.87. The molecule has 0 aromatic heterocycles. The highest BCUT2D eigenvalue weighted by Crippen LogP contribution is 2.17. The summed E-state index contributed by atoms with van der Waals surface area (Å²) < 4.78 is 0. The highest BCUT2D eigenvalue weighted by Gasteiger charge is 2.27. The first-order valence-electron chi connectivity index (χ1n) is 7.36. The molecule has 0 aliphatic carbocycles. The van der Waals surface area contributed by atoms with E-state index < -0.39 is 0 Å². The molecule has 106 valence electrons. The van der Waals surface area contributed by atoms with E-state index in [-0.39, 0.29) is 0 Å². The van der Waals surface area contributed by atoms with E-state index >= 15 is 0 Å². The van der Waals surface area contributed by atoms with E-state index in [9.17, 15) is 0 Å². The van der Waals surface area contributed by atoms with Crippen molar-refractivity contribution in [3.63, 3.8) is 0 Å². The molecule has 1 heterocycles. The van der Waals surface area contributed by atoms with Crippen molar-refractivity contribution in [2.45, 2.75) is 37.9 Å². The van der Waals surface area contributed by atoms with Gasteiger partial charge in [0.2, 0.25) is 0 Å². The summed E-state index contributed by atoms with van der Waals surface area (Å²) in [4.78, 5) is 2.26. The van der Waals surface area contributed by atoms with Crippen molar-refractivity contribution in [3.05, 3.63) is 35.9 Å². The molecule has 2 N–H and O–H groups in total. The third-order valence-corrected chi connectivity index (χ3v) is 4.00. The zero-order valence-corrected chi connectivity index (χ0v) is 12.4. The molecule has 0 radical (unpaired) electrons. The van der Waals surface area contributed by atoms with E-state index in [1.165, 1.54) is 18.4 Å². The standard InChI is InChI=1S/C16H27N3/c1-13(14-7-5-4-6-8-14)18-16-9-11-17-15(16)10-12-19(2)3/h4-8,13,15-18H,9-12H2,1-3H3/t13-,15?,16?/m1/s1. The minimum Gasteiger partial charge on any atom is -0.312 e. The van der Waals surface area contributed by atoms with Gasteiger partial charge < -0.3 is 15.5 Å². The molecule has 3 nitrogen and oxygen atoms in total. The summed E-state index contributed by atoms with van der Waals surface area (Å²) in [6, 6.07) is 12.3. The fourth-order valence-corrected chi connectivity index (χ4v) is 2.83. The van der Waals surface area contributed by atoms with Gasteiger partial charge in [0.1, 0.15) is 0 Å². The van der Waals surface area contributed by atoms with E-state index in [1.54, 1.807) is 0 Å². The van der Waals surface area contributed by atoms with Crippen molar-refractivity contribution in [1.82, 2.24) is 15.5 Å². The quantitative estimate of drug-likeness (QED) is 0.820. The number of hydrogen-bond donors (Lipinski definition) is 2. The molecule has 3 atom stereocenters. The van der Waals surface area contributed by atoms with Gasteiger partial charge in [-0.05, 0) is 52.5 Å². The number of rotatable bonds is 6. The molecule has 1 aliphatic rings. The van der Waals surface area contributed by atoms with Crippen molar-refractivity contribution in [3.8, 4) is 0 Å². The van der Waals surface area contributed by atoms with Gasteiger partial charge in [0.25, 0.3) is 0 Å². The summed E-state index contributed by atoms with van der Waals surface area (Å²) in [6.45, 7) is 4.55. The molecule has 0 amide bonds. The molecule has 2 unspecified atom stereocenters. The van der Waals surface area contributed by atoms with Gasteiger partial charge in [-0.3, -0.25) is 0 Å². The Morgan fingerprint density at radius 2 is 2.05 bits per heavy atom. The second kappa shape index (κ2) is 7.04. The summed E-state index contributed by atoms with van der Waals surface area (Å²) in [5.41, 5.74) is 1.38. The van der Waals surface area contributed by atoms with Crippen molar-refractivity contribution in [2.75, 3.05) is 27.2 Å². The summed E-state index contributed by atoms with van der Waals surface area (Å²) in [5, 5.41) is 7.42. The zero-order valence-electron chi connectivity index (χ0n) is 12.4. The second-order valence-corrected chi connectivity index (χ2v) is 5.85. The Morgan fingerprint density at radius 3 is 2.74 bits per heavy atom. The molecule has 1 saturated heterocycles. The topological polar surface area (TPSA) is 27.3 Å². The lowest BCUT2D eigenvalue weighted by Crippen LogP contribution is -2.42. The van der Waals surface area contributed by atoms with Crippen LogP contribution in [-0.2, 0) is 0 Å². The Hall–Kier alpha value is -0.900. The van der Waals surface area contributed by atoms with Crippen LogP contribution in [0.4, 0.5) is 0 Å². The lowest BCUT2D eigenvalue weighted by Gasteiger charge is -2.26. The smallest absolute Gasteiger partial charge is 0.0295 e. The van der Waals surface area contributed by atoms with E-state index in [1.807, 2.05) is 0 Å². The van der Waals surface area contributed by atoms with E-state index in [0.29, 0.717) is 18.1 Å². The average molecular weight is 261 g/mol. The van der Waals surface area contributed by atoms with Crippen LogP contribution in [0.3, 0.4) is 0 Å². The largest absolute Gasteiger partial charge is 0.312 e. The van der Waals surface area contributed by atoms with Crippen LogP contribution in [0.5, 0.6) is 0 Å². The Kier molecular flexibility index (Phi) is 5.37. The molecule has 1 aromatic rings. The molecule has 1 aliphatic heterocycles. The molecule has 19 heavy (non-hydrogen) atoms. The minimum absolute atomic E-state index is 0.424. The second-order valence-electron chi connectivity index (χ2n) is 5.85. The SMILES string of the molecule is C[C@@H](NC1CCNC1CCN(C)C)c1ccccc1. The van der Waals surface area contributed by atoms with Crippen molar-refractivity contribution < 1.29 is 0 Å². The van der Waals surface area contributed by atoms with Gasteiger partial charge in [-0.25, -0.2) is 0 Å². The molecule has 2 rings (SSSR count). The first-order valence-corrected chi connectivity index (χ1v) is 7.36. The molecule has 0 bridgehead atoms. The maximum absolute atomic E-state index is 3.79. The van der Waals surface area contributed by atoms with Crippen LogP contribution in [0, 0.1) is 0 Å². The fraction of sp³-hybridized carbons (Fsp3) is 0.625. The molecule has 1 fully saturated rings. The monoisotopic (exact) mass is 261 g/mol. The van der Waals surface area contributed by atoms with Crippen LogP contribution in [0.15, 0.2) is 30.3 Å². The van der Waals surface area contributed by atoms with Gasteiger partial charge in [-0.2, -0.15) is 0 Å². The lowest BCUT2D eigenvalue weighted by atomic mass is 10.0. The Labute approximate surface area is 117 Å². The average Bonchev–Trinajstić information content (AvgIpc) is 2.84. The van der Waals surface area contributed by atoms with Gasteiger partial charge in [-0.1, -0.05) is 30.3 Å². The van der Waals surface area contributed by atoms with E-state index in [2.05, 4.69) is 66.9 Å². The van der Waals surface area contributed by atoms with Crippen LogP contribution in [-0.4, -0.2) is 44.2 Å². The molecule has 0 saturated carbocycles. The summed E-state index contributed by atoms with van der Waals surface area (Å²) in [5.74, 6) is 0. The van der Waals surface area contributed by atoms with Gasteiger partial charge in [0.15, 0.2) is 0 Å². The van der Waals surface area contributed by atoms with Gasteiger partial charge >= 0.3 is 0 Å². The first kappa shape index (κ1) is 14.5. The van der Waals surface area contributed by atoms with Gasteiger partial charge in [0.05, 0.1) is 0 Å². The van der Waals surface area contributed by atoms with Gasteiger partial charge in [-0.15, -0.1) is 0 Å². The normalized spacial score (nSPS) is 24.8. The predicted octanol–water partition coefficient (Wildman–Crippen LogP) is 2.02. The Morgan fingerprint density at radius 1 is 1.32 bits per heavy atom. The first-order chi connectivity index (χ1) is 9.16. The number of hydrogen-bond acceptors (Lipinski definition) is 3. The van der Waals surface area contributed by atoms with E-state index in [4.69, 9.17) is 0 Å². The Bertz CT molecular complexity index is 364. The number of benzene rings is 1. The summed E-state index contributed by atoms with van der Waals surface area (Å²) in [6.07, 6.45) is 2.45. The summed E-state index contributed by atoms with van der Waals surface area (Å²) >= 11 is 0. The van der Waals surface area contributed by atoms with Crippen LogP contribution < -0.4 is 10.6 Å². The summed E-state index contributed by atoms with van der Waals surface area (Å²) in [7, 11) is 4.29. The predicted molar refractivity (Wildman–Crippen MR) is 81.4 cm³/mol. The highest BCUT2D eigenvalue weighted by molar-refractivity contribution is 5.18. The number of nitrogens with zero attached hydrogens (tertiary/aromatic N) is 1. The third-order valence-electron chi connectivity index (χ3n) is 4.00. The van der Waals surface area contributed by atoms with Crippen molar-refractivity contribution in [2.24, 2.45) is 0 Å². The van der Waals surface area contributed by atoms with Crippen LogP contribution >= 0.6 is 0 Å². The van der Waals surface area contributed by atoms with Crippen molar-refractivity contribution >= 4 is 0 Å². The third kappa shape index (κ3) is 4.30. The molecule has 3 heteroatoms. The number of nitrogens with one attached hydrogen (secondary N) is 2. The maximum atomic E-state index is 3.79. The fourth-order valence-electron chi connectivity index (χ4n) is 2.83. The van der Waals surface area contributed by atoms with Gasteiger partial charge in [0, 0.05) is 18.1 Å². The van der Waals surface area contributed by atoms with Crippen LogP contribution in [0.1, 0.15) is 31.4 Å². The van der Waals surface area contributed by atoms with Crippen molar-refractivity contribution in [1.29, 1.82) is 0 Å². The molecule has 1 aromatic carbocycles. The van der Waals surface area contributed by atoms with Crippen LogP contribution in [0.25, 0.3) is 0 Å². The van der Waals surface area contributed by atoms with Crippen LogP contribution in [0.2, 0.25) is 0 Å². The lowest BCUT2D eigenvalue weighted by molar-refractivity contribution is 0.334. The molecule has 0 spiro atoms. The van der Waals surface area contributed by atoms with E-state index in [0.717, 1.165) is 13.1 Å². The molecular weight excluding hydrogens is 234 g/mol. The zero-order chi connectivity index (χ0) is 13.7. The molecular formula is C16H27N3. The maximum Gasteiger partial charge on any atom is 0.0295 e. The minimum atomic E-state index is 0.424.